The minimum Gasteiger partial charge on any atom is -0.377 e. The molecule has 7 heteroatoms. The van der Waals surface area contributed by atoms with Crippen molar-refractivity contribution in [2.45, 2.75) is 108 Å². The van der Waals surface area contributed by atoms with Gasteiger partial charge >= 0.3 is 6.18 Å². The third kappa shape index (κ3) is 10.6. The zero-order valence-corrected chi connectivity index (χ0v) is 23.5. The molecule has 0 spiro atoms. The van der Waals surface area contributed by atoms with Crippen LogP contribution in [0, 0.1) is 0 Å². The van der Waals surface area contributed by atoms with Gasteiger partial charge in [0, 0.05) is 23.5 Å². The fourth-order valence-corrected chi connectivity index (χ4v) is 5.39. The van der Waals surface area contributed by atoms with Gasteiger partial charge in [0.05, 0.1) is 11.7 Å². The second-order valence-electron chi connectivity index (χ2n) is 10.00. The van der Waals surface area contributed by atoms with Gasteiger partial charge < -0.3 is 10.5 Å². The minimum atomic E-state index is -4.49. The molecule has 0 aliphatic heterocycles. The molecule has 3 unspecified atom stereocenters. The van der Waals surface area contributed by atoms with Crippen molar-refractivity contribution < 1.29 is 22.7 Å². The molecule has 38 heavy (non-hydrogen) atoms. The molecule has 0 aliphatic rings. The second kappa shape index (κ2) is 16.8. The number of nitrogens with two attached hydrogens (primary N) is 1. The Balaban J connectivity index is 2.19. The SMILES string of the molecule is CCCCCCCCCCCC(Cl)CC(OCC)C(c1cccc(C(F)(F)F)c1)c1ccccc1C(N)=O. The summed E-state index contributed by atoms with van der Waals surface area (Å²) in [4.78, 5) is 12.3. The fourth-order valence-electron chi connectivity index (χ4n) is 5.06. The molecule has 0 saturated heterocycles. The quantitative estimate of drug-likeness (QED) is 0.148. The minimum absolute atomic E-state index is 0.204. The first-order valence-corrected chi connectivity index (χ1v) is 14.4. The molecule has 2 aromatic rings. The highest BCUT2D eigenvalue weighted by molar-refractivity contribution is 6.20. The van der Waals surface area contributed by atoms with Crippen LogP contribution in [0.4, 0.5) is 13.2 Å². The van der Waals surface area contributed by atoms with E-state index in [4.69, 9.17) is 22.1 Å². The highest BCUT2D eigenvalue weighted by Gasteiger charge is 2.34. The van der Waals surface area contributed by atoms with E-state index >= 15 is 0 Å². The van der Waals surface area contributed by atoms with E-state index in [1.54, 1.807) is 30.3 Å². The van der Waals surface area contributed by atoms with Crippen molar-refractivity contribution in [1.29, 1.82) is 0 Å². The summed E-state index contributed by atoms with van der Waals surface area (Å²) in [6, 6.07) is 12.0. The first-order valence-electron chi connectivity index (χ1n) is 14.0. The Kier molecular flexibility index (Phi) is 14.2. The topological polar surface area (TPSA) is 52.3 Å². The van der Waals surface area contributed by atoms with Gasteiger partial charge in [-0.2, -0.15) is 13.2 Å². The summed E-state index contributed by atoms with van der Waals surface area (Å²) >= 11 is 6.78. The number of halogens is 4. The molecule has 3 nitrogen and oxygen atoms in total. The summed E-state index contributed by atoms with van der Waals surface area (Å²) in [6.45, 7) is 4.43. The Morgan fingerprint density at radius 1 is 0.921 bits per heavy atom. The molecule has 1 amide bonds. The molecule has 2 aromatic carbocycles. The van der Waals surface area contributed by atoms with Gasteiger partial charge in [-0.3, -0.25) is 4.79 Å². The van der Waals surface area contributed by atoms with Gasteiger partial charge in [0.1, 0.15) is 0 Å². The van der Waals surface area contributed by atoms with Crippen LogP contribution in [-0.4, -0.2) is 24.0 Å². The van der Waals surface area contributed by atoms with Crippen molar-refractivity contribution in [3.63, 3.8) is 0 Å². The van der Waals surface area contributed by atoms with Gasteiger partial charge in [0.25, 0.3) is 0 Å². The highest BCUT2D eigenvalue weighted by atomic mass is 35.5. The number of benzene rings is 2. The number of carbonyl (C=O) groups excluding carboxylic acids is 1. The van der Waals surface area contributed by atoms with Crippen LogP contribution in [0.2, 0.25) is 0 Å². The number of alkyl halides is 4. The zero-order valence-electron chi connectivity index (χ0n) is 22.7. The molecule has 0 bridgehead atoms. The van der Waals surface area contributed by atoms with Gasteiger partial charge in [-0.15, -0.1) is 11.6 Å². The predicted octanol–water partition coefficient (Wildman–Crippen LogP) is 9.26. The lowest BCUT2D eigenvalue weighted by Gasteiger charge is -2.31. The second-order valence-corrected chi connectivity index (χ2v) is 10.6. The Hall–Kier alpha value is -2.05. The average Bonchev–Trinajstić information content (AvgIpc) is 2.88. The lowest BCUT2D eigenvalue weighted by molar-refractivity contribution is -0.137. The monoisotopic (exact) mass is 553 g/mol. The van der Waals surface area contributed by atoms with Gasteiger partial charge in [0.15, 0.2) is 0 Å². The number of hydrogen-bond donors (Lipinski definition) is 1. The molecular formula is C31H43ClF3NO2. The Morgan fingerprint density at radius 3 is 2.16 bits per heavy atom. The Morgan fingerprint density at radius 2 is 1.55 bits per heavy atom. The van der Waals surface area contributed by atoms with E-state index < -0.39 is 29.7 Å². The highest BCUT2D eigenvalue weighted by Crippen LogP contribution is 2.38. The van der Waals surface area contributed by atoms with Gasteiger partial charge in [-0.25, -0.2) is 0 Å². The summed E-state index contributed by atoms with van der Waals surface area (Å²) in [6.07, 6.45) is 7.19. The van der Waals surface area contributed by atoms with Gasteiger partial charge in [0.2, 0.25) is 5.91 Å². The molecule has 0 heterocycles. The fraction of sp³-hybridized carbons (Fsp3) is 0.581. The molecule has 0 radical (unpaired) electrons. The number of unbranched alkanes of at least 4 members (excludes halogenated alkanes) is 8. The maximum Gasteiger partial charge on any atom is 0.416 e. The van der Waals surface area contributed by atoms with Crippen molar-refractivity contribution in [3.8, 4) is 0 Å². The largest absolute Gasteiger partial charge is 0.416 e. The van der Waals surface area contributed by atoms with Crippen LogP contribution in [0.3, 0.4) is 0 Å². The van der Waals surface area contributed by atoms with Crippen molar-refractivity contribution in [2.75, 3.05) is 6.61 Å². The standard InChI is InChI=1S/C31H43ClF3NO2/c1-3-5-6-7-8-9-10-11-12-18-25(32)22-28(38-4-2)29(26-19-13-14-20-27(26)30(36)37)23-16-15-17-24(21-23)31(33,34)35/h13-17,19-21,25,28-29H,3-12,18,22H2,1-2H3,(H2,36,37). The number of primary amides is 1. The normalized spacial score (nSPS) is 14.3. The van der Waals surface area contributed by atoms with Crippen molar-refractivity contribution in [2.24, 2.45) is 5.73 Å². The van der Waals surface area contributed by atoms with Crippen LogP contribution in [0.1, 0.15) is 117 Å². The van der Waals surface area contributed by atoms with Gasteiger partial charge in [-0.1, -0.05) is 101 Å². The van der Waals surface area contributed by atoms with E-state index in [9.17, 15) is 18.0 Å². The molecular weight excluding hydrogens is 511 g/mol. The van der Waals surface area contributed by atoms with Crippen LogP contribution in [-0.2, 0) is 10.9 Å². The Bertz CT molecular complexity index is 966. The van der Waals surface area contributed by atoms with E-state index in [0.717, 1.165) is 31.4 Å². The van der Waals surface area contributed by atoms with E-state index in [-0.39, 0.29) is 10.9 Å². The number of hydrogen-bond acceptors (Lipinski definition) is 2. The summed E-state index contributed by atoms with van der Waals surface area (Å²) in [5.41, 5.74) is 6.14. The first kappa shape index (κ1) is 32.2. The lowest BCUT2D eigenvalue weighted by Crippen LogP contribution is -2.29. The van der Waals surface area contributed by atoms with Crippen LogP contribution >= 0.6 is 11.6 Å². The maximum atomic E-state index is 13.6. The molecule has 0 fully saturated rings. The van der Waals surface area contributed by atoms with Crippen molar-refractivity contribution in [1.82, 2.24) is 0 Å². The van der Waals surface area contributed by atoms with E-state index in [1.165, 1.54) is 51.0 Å². The first-order chi connectivity index (χ1) is 18.2. The van der Waals surface area contributed by atoms with Crippen LogP contribution in [0.5, 0.6) is 0 Å². The zero-order chi connectivity index (χ0) is 28.0. The smallest absolute Gasteiger partial charge is 0.377 e. The molecule has 0 aliphatic carbocycles. The molecule has 0 saturated carbocycles. The molecule has 212 valence electrons. The van der Waals surface area contributed by atoms with Crippen LogP contribution < -0.4 is 5.73 Å². The van der Waals surface area contributed by atoms with Crippen LogP contribution in [0.15, 0.2) is 48.5 Å². The summed E-state index contributed by atoms with van der Waals surface area (Å²) in [5.74, 6) is -1.27. The van der Waals surface area contributed by atoms with E-state index in [1.807, 2.05) is 6.92 Å². The summed E-state index contributed by atoms with van der Waals surface area (Å²) < 4.78 is 46.9. The summed E-state index contributed by atoms with van der Waals surface area (Å²) in [5, 5.41) is -0.204. The van der Waals surface area contributed by atoms with Gasteiger partial charge in [-0.05, 0) is 43.0 Å². The van der Waals surface area contributed by atoms with Crippen LogP contribution in [0.25, 0.3) is 0 Å². The molecule has 2 rings (SSSR count). The summed E-state index contributed by atoms with van der Waals surface area (Å²) in [7, 11) is 0. The lowest BCUT2D eigenvalue weighted by atomic mass is 9.81. The van der Waals surface area contributed by atoms with E-state index in [2.05, 4.69) is 6.92 Å². The van der Waals surface area contributed by atoms with E-state index in [0.29, 0.717) is 24.2 Å². The number of rotatable bonds is 18. The van der Waals surface area contributed by atoms with Crippen molar-refractivity contribution in [3.05, 3.63) is 70.8 Å². The number of carbonyl (C=O) groups is 1. The molecule has 3 atom stereocenters. The van der Waals surface area contributed by atoms with Crippen molar-refractivity contribution >= 4 is 17.5 Å². The molecule has 0 aromatic heterocycles. The Labute approximate surface area is 231 Å². The maximum absolute atomic E-state index is 13.6. The number of amides is 1. The number of ether oxygens (including phenoxy) is 1. The third-order valence-electron chi connectivity index (χ3n) is 7.00. The third-order valence-corrected chi connectivity index (χ3v) is 7.39. The average molecular weight is 554 g/mol. The molecule has 2 N–H and O–H groups in total. The predicted molar refractivity (Wildman–Crippen MR) is 150 cm³/mol.